The zero-order valence-electron chi connectivity index (χ0n) is 16.5. The van der Waals surface area contributed by atoms with E-state index in [1.54, 1.807) is 31.2 Å². The third-order valence-electron chi connectivity index (χ3n) is 4.79. The monoisotopic (exact) mass is 381 g/mol. The first kappa shape index (κ1) is 19.9. The number of hydrogen-bond acceptors (Lipinski definition) is 5. The fourth-order valence-corrected chi connectivity index (χ4v) is 3.30. The van der Waals surface area contributed by atoms with Crippen LogP contribution in [0.5, 0.6) is 0 Å². The van der Waals surface area contributed by atoms with Gasteiger partial charge in [-0.05, 0) is 55.8 Å². The molecule has 3 rings (SSSR count). The Morgan fingerprint density at radius 2 is 1.75 bits per heavy atom. The van der Waals surface area contributed by atoms with E-state index in [-0.39, 0.29) is 11.9 Å². The van der Waals surface area contributed by atoms with Crippen LogP contribution in [0.3, 0.4) is 0 Å². The van der Waals surface area contributed by atoms with Crippen molar-refractivity contribution < 1.29 is 14.3 Å². The third-order valence-corrected chi connectivity index (χ3v) is 4.79. The molecule has 1 N–H and O–H groups in total. The van der Waals surface area contributed by atoms with Gasteiger partial charge in [0.2, 0.25) is 5.91 Å². The number of hydrogen-bond donors (Lipinski definition) is 1. The predicted octanol–water partition coefficient (Wildman–Crippen LogP) is 2.93. The van der Waals surface area contributed by atoms with E-state index in [0.717, 1.165) is 26.2 Å². The molecule has 1 aliphatic heterocycles. The number of amides is 1. The molecular formula is C22H27N3O3. The summed E-state index contributed by atoms with van der Waals surface area (Å²) < 4.78 is 4.96. The molecule has 6 heteroatoms. The van der Waals surface area contributed by atoms with Crippen LogP contribution in [0.2, 0.25) is 0 Å². The summed E-state index contributed by atoms with van der Waals surface area (Å²) in [5.74, 6) is -0.403. The molecule has 0 bridgehead atoms. The Kier molecular flexibility index (Phi) is 6.66. The van der Waals surface area contributed by atoms with Gasteiger partial charge in [-0.3, -0.25) is 9.69 Å². The van der Waals surface area contributed by atoms with Gasteiger partial charge in [-0.15, -0.1) is 0 Å². The van der Waals surface area contributed by atoms with Crippen LogP contribution < -0.4 is 10.2 Å². The molecule has 28 heavy (non-hydrogen) atoms. The Bertz CT molecular complexity index is 812. The number of carbonyl (C=O) groups is 2. The van der Waals surface area contributed by atoms with Crippen LogP contribution in [0.1, 0.15) is 22.8 Å². The summed E-state index contributed by atoms with van der Waals surface area (Å²) in [4.78, 5) is 28.5. The molecule has 0 saturated carbocycles. The van der Waals surface area contributed by atoms with Crippen molar-refractivity contribution in [3.8, 4) is 0 Å². The lowest BCUT2D eigenvalue weighted by Crippen LogP contribution is -2.48. The van der Waals surface area contributed by atoms with Crippen LogP contribution >= 0.6 is 0 Å². The normalized spacial score (nSPS) is 14.6. The van der Waals surface area contributed by atoms with Crippen LogP contribution in [-0.2, 0) is 9.53 Å². The number of nitrogens with zero attached hydrogens (tertiary/aromatic N) is 2. The molecule has 0 radical (unpaired) electrons. The fourth-order valence-electron chi connectivity index (χ4n) is 3.30. The SMILES string of the molecule is CCOC(=O)c1ccc(NC(=O)CN2CCN(c3cccc(C)c3)CC2)cc1. The third kappa shape index (κ3) is 5.33. The number of rotatable bonds is 6. The predicted molar refractivity (Wildman–Crippen MR) is 111 cm³/mol. The molecule has 1 heterocycles. The number of benzene rings is 2. The van der Waals surface area contributed by atoms with Gasteiger partial charge in [0.1, 0.15) is 0 Å². The lowest BCUT2D eigenvalue weighted by molar-refractivity contribution is -0.117. The van der Waals surface area contributed by atoms with E-state index < -0.39 is 0 Å². The Morgan fingerprint density at radius 3 is 2.39 bits per heavy atom. The first-order chi connectivity index (χ1) is 13.5. The second-order valence-electron chi connectivity index (χ2n) is 6.95. The number of ether oxygens (including phenoxy) is 1. The van der Waals surface area contributed by atoms with Crippen LogP contribution in [0.25, 0.3) is 0 Å². The topological polar surface area (TPSA) is 61.9 Å². The van der Waals surface area contributed by atoms with Gasteiger partial charge < -0.3 is 15.0 Å². The van der Waals surface area contributed by atoms with E-state index in [4.69, 9.17) is 4.74 Å². The molecule has 0 spiro atoms. The van der Waals surface area contributed by atoms with Gasteiger partial charge in [0.15, 0.2) is 0 Å². The maximum atomic E-state index is 12.3. The zero-order valence-corrected chi connectivity index (χ0v) is 16.5. The van der Waals surface area contributed by atoms with E-state index in [2.05, 4.69) is 46.3 Å². The van der Waals surface area contributed by atoms with Crippen LogP contribution in [-0.4, -0.2) is 56.1 Å². The highest BCUT2D eigenvalue weighted by molar-refractivity contribution is 5.94. The highest BCUT2D eigenvalue weighted by Crippen LogP contribution is 2.18. The van der Waals surface area contributed by atoms with Crippen molar-refractivity contribution in [1.29, 1.82) is 0 Å². The van der Waals surface area contributed by atoms with Crippen molar-refractivity contribution in [2.75, 3.05) is 49.5 Å². The Hall–Kier alpha value is -2.86. The van der Waals surface area contributed by atoms with Gasteiger partial charge in [0.05, 0.1) is 18.7 Å². The molecular weight excluding hydrogens is 354 g/mol. The number of nitrogens with one attached hydrogen (secondary N) is 1. The molecule has 148 valence electrons. The summed E-state index contributed by atoms with van der Waals surface area (Å²) in [6.45, 7) is 8.09. The summed E-state index contributed by atoms with van der Waals surface area (Å²) >= 11 is 0. The van der Waals surface area contributed by atoms with Crippen LogP contribution in [0, 0.1) is 6.92 Å². The van der Waals surface area contributed by atoms with E-state index in [0.29, 0.717) is 24.4 Å². The number of anilines is 2. The standard InChI is InChI=1S/C22H27N3O3/c1-3-28-22(27)18-7-9-19(10-8-18)23-21(26)16-24-11-13-25(14-12-24)20-6-4-5-17(2)15-20/h4-10,15H,3,11-14,16H2,1-2H3,(H,23,26). The van der Waals surface area contributed by atoms with Crippen molar-refractivity contribution in [1.82, 2.24) is 4.90 Å². The summed E-state index contributed by atoms with van der Waals surface area (Å²) in [6.07, 6.45) is 0. The van der Waals surface area contributed by atoms with Gasteiger partial charge in [0.25, 0.3) is 0 Å². The van der Waals surface area contributed by atoms with Gasteiger partial charge in [-0.1, -0.05) is 12.1 Å². The van der Waals surface area contributed by atoms with E-state index in [9.17, 15) is 9.59 Å². The molecule has 0 unspecified atom stereocenters. The molecule has 1 aliphatic rings. The van der Waals surface area contributed by atoms with Gasteiger partial charge in [-0.25, -0.2) is 4.79 Å². The minimum atomic E-state index is -0.355. The Morgan fingerprint density at radius 1 is 1.04 bits per heavy atom. The molecule has 0 aromatic heterocycles. The van der Waals surface area contributed by atoms with Crippen LogP contribution in [0.15, 0.2) is 48.5 Å². The maximum absolute atomic E-state index is 12.3. The average molecular weight is 381 g/mol. The largest absolute Gasteiger partial charge is 0.462 e. The van der Waals surface area contributed by atoms with Crippen molar-refractivity contribution >= 4 is 23.3 Å². The van der Waals surface area contributed by atoms with Gasteiger partial charge >= 0.3 is 5.97 Å². The molecule has 6 nitrogen and oxygen atoms in total. The fraction of sp³-hybridized carbons (Fsp3) is 0.364. The quantitative estimate of drug-likeness (QED) is 0.780. The molecule has 0 atom stereocenters. The van der Waals surface area contributed by atoms with Crippen molar-refractivity contribution in [3.05, 3.63) is 59.7 Å². The number of carbonyl (C=O) groups excluding carboxylic acids is 2. The zero-order chi connectivity index (χ0) is 19.9. The van der Waals surface area contributed by atoms with Crippen molar-refractivity contribution in [3.63, 3.8) is 0 Å². The molecule has 1 fully saturated rings. The molecule has 1 saturated heterocycles. The average Bonchev–Trinajstić information content (AvgIpc) is 2.69. The molecule has 2 aromatic rings. The first-order valence-corrected chi connectivity index (χ1v) is 9.66. The van der Waals surface area contributed by atoms with Gasteiger partial charge in [0, 0.05) is 37.6 Å². The first-order valence-electron chi connectivity index (χ1n) is 9.66. The minimum absolute atomic E-state index is 0.0482. The Balaban J connectivity index is 1.46. The van der Waals surface area contributed by atoms with E-state index in [1.807, 2.05) is 0 Å². The van der Waals surface area contributed by atoms with Gasteiger partial charge in [-0.2, -0.15) is 0 Å². The molecule has 2 aromatic carbocycles. The maximum Gasteiger partial charge on any atom is 0.338 e. The molecule has 1 amide bonds. The summed E-state index contributed by atoms with van der Waals surface area (Å²) in [5.41, 5.74) is 3.66. The number of aryl methyl sites for hydroxylation is 1. The van der Waals surface area contributed by atoms with Crippen molar-refractivity contribution in [2.45, 2.75) is 13.8 Å². The second-order valence-corrected chi connectivity index (χ2v) is 6.95. The Labute approximate surface area is 166 Å². The van der Waals surface area contributed by atoms with E-state index >= 15 is 0 Å². The number of esters is 1. The summed E-state index contributed by atoms with van der Waals surface area (Å²) in [5, 5.41) is 2.89. The smallest absolute Gasteiger partial charge is 0.338 e. The molecule has 0 aliphatic carbocycles. The second kappa shape index (κ2) is 9.37. The summed E-state index contributed by atoms with van der Waals surface area (Å²) in [6, 6.07) is 15.3. The lowest BCUT2D eigenvalue weighted by atomic mass is 10.2. The summed E-state index contributed by atoms with van der Waals surface area (Å²) in [7, 11) is 0. The minimum Gasteiger partial charge on any atom is -0.462 e. The lowest BCUT2D eigenvalue weighted by Gasteiger charge is -2.35. The number of piperazine rings is 1. The highest BCUT2D eigenvalue weighted by Gasteiger charge is 2.19. The van der Waals surface area contributed by atoms with Crippen molar-refractivity contribution in [2.24, 2.45) is 0 Å². The van der Waals surface area contributed by atoms with Crippen LogP contribution in [0.4, 0.5) is 11.4 Å². The van der Waals surface area contributed by atoms with E-state index in [1.165, 1.54) is 11.3 Å². The highest BCUT2D eigenvalue weighted by atomic mass is 16.5.